The molecule has 0 unspecified atom stereocenters. The smallest absolute Gasteiger partial charge is 0.269 e. The van der Waals surface area contributed by atoms with E-state index < -0.39 is 14.9 Å². The molecule has 0 bridgehead atoms. The van der Waals surface area contributed by atoms with E-state index in [1.54, 1.807) is 30.3 Å². The van der Waals surface area contributed by atoms with Gasteiger partial charge in [0.25, 0.3) is 21.6 Å². The first-order valence-corrected chi connectivity index (χ1v) is 11.3. The van der Waals surface area contributed by atoms with Gasteiger partial charge in [-0.25, -0.2) is 8.42 Å². The van der Waals surface area contributed by atoms with Gasteiger partial charge in [0, 0.05) is 43.4 Å². The molecule has 0 aliphatic carbocycles. The summed E-state index contributed by atoms with van der Waals surface area (Å²) >= 11 is 6.11. The van der Waals surface area contributed by atoms with Gasteiger partial charge in [-0.15, -0.1) is 0 Å². The molecule has 166 valence electrons. The van der Waals surface area contributed by atoms with Crippen molar-refractivity contribution in [3.05, 3.63) is 99.1 Å². The SMILES string of the molecule is CN(Cc1cc([N+](=O)[O-])ccc1Cl)C(=O)c1ccc(S(=O)(=O)N(C)c2ccccc2)cc1. The molecule has 0 saturated heterocycles. The summed E-state index contributed by atoms with van der Waals surface area (Å²) in [7, 11) is -0.803. The van der Waals surface area contributed by atoms with Crippen molar-refractivity contribution in [1.29, 1.82) is 0 Å². The van der Waals surface area contributed by atoms with Crippen molar-refractivity contribution in [2.24, 2.45) is 0 Å². The minimum absolute atomic E-state index is 0.0461. The lowest BCUT2D eigenvalue weighted by molar-refractivity contribution is -0.384. The van der Waals surface area contributed by atoms with Crippen LogP contribution in [0.2, 0.25) is 5.02 Å². The number of non-ortho nitro benzene ring substituents is 1. The van der Waals surface area contributed by atoms with Gasteiger partial charge < -0.3 is 4.90 Å². The van der Waals surface area contributed by atoms with E-state index >= 15 is 0 Å². The zero-order chi connectivity index (χ0) is 23.5. The van der Waals surface area contributed by atoms with Crippen LogP contribution in [-0.2, 0) is 16.6 Å². The average molecular weight is 474 g/mol. The zero-order valence-corrected chi connectivity index (χ0v) is 18.9. The van der Waals surface area contributed by atoms with Gasteiger partial charge in [0.1, 0.15) is 0 Å². The van der Waals surface area contributed by atoms with E-state index in [0.717, 1.165) is 0 Å². The third-order valence-corrected chi connectivity index (χ3v) is 7.04. The number of carbonyl (C=O) groups excluding carboxylic acids is 1. The van der Waals surface area contributed by atoms with Gasteiger partial charge in [-0.05, 0) is 48.0 Å². The number of carbonyl (C=O) groups is 1. The lowest BCUT2D eigenvalue weighted by Crippen LogP contribution is -2.27. The molecule has 0 spiro atoms. The zero-order valence-electron chi connectivity index (χ0n) is 17.3. The Kier molecular flexibility index (Phi) is 6.81. The van der Waals surface area contributed by atoms with Crippen LogP contribution in [0.1, 0.15) is 15.9 Å². The van der Waals surface area contributed by atoms with Crippen molar-refractivity contribution in [2.45, 2.75) is 11.4 Å². The minimum Gasteiger partial charge on any atom is -0.337 e. The standard InChI is InChI=1S/C22H20ClN3O5S/c1-24(15-17-14-19(26(28)29)10-13-21(17)23)22(27)16-8-11-20(12-9-16)32(30,31)25(2)18-6-4-3-5-7-18/h3-14H,15H2,1-2H3. The summed E-state index contributed by atoms with van der Waals surface area (Å²) in [6.07, 6.45) is 0. The second-order valence-electron chi connectivity index (χ2n) is 7.03. The van der Waals surface area contributed by atoms with Crippen molar-refractivity contribution < 1.29 is 18.1 Å². The monoisotopic (exact) mass is 473 g/mol. The van der Waals surface area contributed by atoms with Crippen LogP contribution in [0.25, 0.3) is 0 Å². The van der Waals surface area contributed by atoms with Crippen LogP contribution in [0.15, 0.2) is 77.7 Å². The molecule has 0 aliphatic heterocycles. The molecule has 0 radical (unpaired) electrons. The second-order valence-corrected chi connectivity index (χ2v) is 9.40. The van der Waals surface area contributed by atoms with Crippen LogP contribution in [0.3, 0.4) is 0 Å². The van der Waals surface area contributed by atoms with Crippen molar-refractivity contribution in [2.75, 3.05) is 18.4 Å². The number of hydrogen-bond acceptors (Lipinski definition) is 5. The normalized spacial score (nSPS) is 11.1. The molecule has 0 saturated carbocycles. The van der Waals surface area contributed by atoms with Crippen molar-refractivity contribution in [3.63, 3.8) is 0 Å². The fourth-order valence-electron chi connectivity index (χ4n) is 3.05. The highest BCUT2D eigenvalue weighted by Gasteiger charge is 2.22. The third-order valence-electron chi connectivity index (χ3n) is 4.87. The summed E-state index contributed by atoms with van der Waals surface area (Å²) in [5.41, 5.74) is 1.10. The van der Waals surface area contributed by atoms with Crippen molar-refractivity contribution >= 4 is 38.9 Å². The molecule has 10 heteroatoms. The number of hydrogen-bond donors (Lipinski definition) is 0. The van der Waals surface area contributed by atoms with Gasteiger partial charge in [0.05, 0.1) is 15.5 Å². The number of rotatable bonds is 7. The number of amides is 1. The van der Waals surface area contributed by atoms with Gasteiger partial charge >= 0.3 is 0 Å². The van der Waals surface area contributed by atoms with E-state index in [1.165, 1.54) is 65.8 Å². The summed E-state index contributed by atoms with van der Waals surface area (Å²) in [6, 6.07) is 18.3. The molecule has 0 heterocycles. The van der Waals surface area contributed by atoms with Crippen LogP contribution in [0.4, 0.5) is 11.4 Å². The molecule has 32 heavy (non-hydrogen) atoms. The Bertz CT molecular complexity index is 1250. The average Bonchev–Trinajstić information content (AvgIpc) is 2.79. The first kappa shape index (κ1) is 23.2. The Morgan fingerprint density at radius 2 is 1.62 bits per heavy atom. The molecule has 3 aromatic rings. The predicted octanol–water partition coefficient (Wildman–Crippen LogP) is 4.35. The number of halogens is 1. The predicted molar refractivity (Wildman–Crippen MR) is 122 cm³/mol. The first-order valence-electron chi connectivity index (χ1n) is 9.43. The molecule has 8 nitrogen and oxygen atoms in total. The van der Waals surface area contributed by atoms with Gasteiger partial charge in [-0.1, -0.05) is 29.8 Å². The molecule has 1 amide bonds. The Morgan fingerprint density at radius 3 is 2.22 bits per heavy atom. The molecule has 0 atom stereocenters. The van der Waals surface area contributed by atoms with E-state index in [4.69, 9.17) is 11.6 Å². The minimum atomic E-state index is -3.79. The topological polar surface area (TPSA) is 101 Å². The number of nitro benzene ring substituents is 1. The quantitative estimate of drug-likeness (QED) is 0.375. The maximum Gasteiger partial charge on any atom is 0.269 e. The van der Waals surface area contributed by atoms with E-state index in [-0.39, 0.29) is 28.6 Å². The number of anilines is 1. The lowest BCUT2D eigenvalue weighted by Gasteiger charge is -2.20. The second kappa shape index (κ2) is 9.37. The van der Waals surface area contributed by atoms with E-state index in [0.29, 0.717) is 16.3 Å². The Balaban J connectivity index is 1.78. The number of sulfonamides is 1. The highest BCUT2D eigenvalue weighted by Crippen LogP contribution is 2.25. The van der Waals surface area contributed by atoms with E-state index in [1.807, 2.05) is 0 Å². The highest BCUT2D eigenvalue weighted by molar-refractivity contribution is 7.92. The maximum atomic E-state index is 12.9. The fraction of sp³-hybridized carbons (Fsp3) is 0.136. The van der Waals surface area contributed by atoms with Crippen LogP contribution in [0, 0.1) is 10.1 Å². The summed E-state index contributed by atoms with van der Waals surface area (Å²) < 4.78 is 26.9. The number of nitro groups is 1. The third kappa shape index (κ3) is 4.90. The van der Waals surface area contributed by atoms with Gasteiger partial charge in [-0.2, -0.15) is 0 Å². The van der Waals surface area contributed by atoms with E-state index in [9.17, 15) is 23.3 Å². The summed E-state index contributed by atoms with van der Waals surface area (Å²) in [4.78, 5) is 24.6. The Labute approximate surface area is 190 Å². The van der Waals surface area contributed by atoms with Crippen molar-refractivity contribution in [3.8, 4) is 0 Å². The highest BCUT2D eigenvalue weighted by atomic mass is 35.5. The van der Waals surface area contributed by atoms with Crippen molar-refractivity contribution in [1.82, 2.24) is 4.90 Å². The molecule has 0 N–H and O–H groups in total. The van der Waals surface area contributed by atoms with Gasteiger partial charge in [-0.3, -0.25) is 19.2 Å². The molecular formula is C22H20ClN3O5S. The molecule has 3 aromatic carbocycles. The summed E-state index contributed by atoms with van der Waals surface area (Å²) in [5.74, 6) is -0.382. The van der Waals surface area contributed by atoms with E-state index in [2.05, 4.69) is 0 Å². The molecule has 0 aromatic heterocycles. The first-order chi connectivity index (χ1) is 15.1. The molecule has 3 rings (SSSR count). The fourth-order valence-corrected chi connectivity index (χ4v) is 4.42. The Hall–Kier alpha value is -3.43. The Morgan fingerprint density at radius 1 is 1.00 bits per heavy atom. The lowest BCUT2D eigenvalue weighted by atomic mass is 10.1. The number of para-hydroxylation sites is 1. The molecular weight excluding hydrogens is 454 g/mol. The summed E-state index contributed by atoms with van der Waals surface area (Å²) in [6.45, 7) is 0.0517. The van der Waals surface area contributed by atoms with Crippen LogP contribution < -0.4 is 4.31 Å². The van der Waals surface area contributed by atoms with Crippen LogP contribution >= 0.6 is 11.6 Å². The van der Waals surface area contributed by atoms with Crippen LogP contribution in [-0.4, -0.2) is 38.2 Å². The van der Waals surface area contributed by atoms with Gasteiger partial charge in [0.2, 0.25) is 0 Å². The molecule has 0 fully saturated rings. The molecule has 0 aliphatic rings. The largest absolute Gasteiger partial charge is 0.337 e. The van der Waals surface area contributed by atoms with Crippen LogP contribution in [0.5, 0.6) is 0 Å². The summed E-state index contributed by atoms with van der Waals surface area (Å²) in [5, 5.41) is 11.3. The maximum absolute atomic E-state index is 12.9. The number of benzene rings is 3. The van der Waals surface area contributed by atoms with Gasteiger partial charge in [0.15, 0.2) is 0 Å². The number of nitrogens with zero attached hydrogens (tertiary/aromatic N) is 3.